The Morgan fingerprint density at radius 1 is 1.10 bits per heavy atom. The average molecular weight is 404 g/mol. The number of halogens is 1. The van der Waals surface area contributed by atoms with E-state index in [-0.39, 0.29) is 18.1 Å². The van der Waals surface area contributed by atoms with Gasteiger partial charge in [-0.25, -0.2) is 9.37 Å². The molecule has 1 aliphatic rings. The van der Waals surface area contributed by atoms with Gasteiger partial charge in [0.1, 0.15) is 17.4 Å². The summed E-state index contributed by atoms with van der Waals surface area (Å²) in [5.41, 5.74) is 5.03. The van der Waals surface area contributed by atoms with Crippen LogP contribution in [0.2, 0.25) is 0 Å². The zero-order valence-electron chi connectivity index (χ0n) is 16.2. The molecule has 7 heteroatoms. The SMILES string of the molecule is Oc1cccc([C@H](O)CNc2c3c(nc4cc(-c5ccc(F)cc5)nn24)CCC3)c1. The van der Waals surface area contributed by atoms with Crippen LogP contribution in [0.15, 0.2) is 54.6 Å². The van der Waals surface area contributed by atoms with Crippen LogP contribution in [0.4, 0.5) is 10.2 Å². The lowest BCUT2D eigenvalue weighted by atomic mass is 10.1. The van der Waals surface area contributed by atoms with E-state index in [0.717, 1.165) is 41.9 Å². The molecule has 0 saturated carbocycles. The number of phenolic OH excluding ortho intramolecular Hbond substituents is 1. The van der Waals surface area contributed by atoms with Crippen molar-refractivity contribution in [1.82, 2.24) is 14.6 Å². The van der Waals surface area contributed by atoms with Crippen molar-refractivity contribution in [2.75, 3.05) is 11.9 Å². The monoisotopic (exact) mass is 404 g/mol. The number of hydrogen-bond donors (Lipinski definition) is 3. The number of nitrogens with zero attached hydrogens (tertiary/aromatic N) is 3. The van der Waals surface area contributed by atoms with Crippen molar-refractivity contribution in [1.29, 1.82) is 0 Å². The summed E-state index contributed by atoms with van der Waals surface area (Å²) >= 11 is 0. The number of aliphatic hydroxyl groups excluding tert-OH is 1. The molecule has 5 rings (SSSR count). The number of fused-ring (bicyclic) bond motifs is 2. The minimum Gasteiger partial charge on any atom is -0.508 e. The number of hydrogen-bond acceptors (Lipinski definition) is 5. The number of nitrogens with one attached hydrogen (secondary N) is 1. The highest BCUT2D eigenvalue weighted by Gasteiger charge is 2.22. The van der Waals surface area contributed by atoms with E-state index in [0.29, 0.717) is 16.9 Å². The van der Waals surface area contributed by atoms with Gasteiger partial charge in [-0.2, -0.15) is 9.61 Å². The second-order valence-corrected chi connectivity index (χ2v) is 7.54. The number of rotatable bonds is 5. The van der Waals surface area contributed by atoms with Crippen LogP contribution < -0.4 is 5.32 Å². The normalized spacial score (nSPS) is 14.1. The summed E-state index contributed by atoms with van der Waals surface area (Å²) in [5.74, 6) is 0.651. The van der Waals surface area contributed by atoms with Crippen LogP contribution in [-0.2, 0) is 12.8 Å². The molecule has 4 aromatic rings. The Hall–Kier alpha value is -3.45. The van der Waals surface area contributed by atoms with Crippen LogP contribution in [-0.4, -0.2) is 31.4 Å². The zero-order valence-corrected chi connectivity index (χ0v) is 16.2. The molecule has 0 fully saturated rings. The van der Waals surface area contributed by atoms with E-state index in [4.69, 9.17) is 10.1 Å². The van der Waals surface area contributed by atoms with Crippen LogP contribution in [0, 0.1) is 5.82 Å². The Morgan fingerprint density at radius 3 is 2.73 bits per heavy atom. The minimum absolute atomic E-state index is 0.120. The van der Waals surface area contributed by atoms with Gasteiger partial charge in [0.15, 0.2) is 5.65 Å². The van der Waals surface area contributed by atoms with Gasteiger partial charge in [0.25, 0.3) is 0 Å². The first-order valence-corrected chi connectivity index (χ1v) is 9.97. The van der Waals surface area contributed by atoms with Crippen LogP contribution in [0.3, 0.4) is 0 Å². The summed E-state index contributed by atoms with van der Waals surface area (Å²) in [4.78, 5) is 4.77. The molecule has 6 nitrogen and oxygen atoms in total. The molecule has 152 valence electrons. The molecule has 0 aliphatic heterocycles. The fourth-order valence-electron chi connectivity index (χ4n) is 3.97. The van der Waals surface area contributed by atoms with Gasteiger partial charge in [0.05, 0.1) is 11.8 Å². The highest BCUT2D eigenvalue weighted by atomic mass is 19.1. The van der Waals surface area contributed by atoms with Gasteiger partial charge in [-0.1, -0.05) is 12.1 Å². The lowest BCUT2D eigenvalue weighted by Gasteiger charge is -2.16. The third-order valence-corrected chi connectivity index (χ3v) is 5.48. The van der Waals surface area contributed by atoms with Crippen molar-refractivity contribution in [3.8, 4) is 17.0 Å². The molecule has 2 aromatic heterocycles. The van der Waals surface area contributed by atoms with Gasteiger partial charge in [-0.3, -0.25) is 0 Å². The molecule has 0 radical (unpaired) electrons. The Kier molecular flexibility index (Phi) is 4.59. The van der Waals surface area contributed by atoms with E-state index < -0.39 is 6.10 Å². The summed E-state index contributed by atoms with van der Waals surface area (Å²) in [5, 5.41) is 28.3. The predicted octanol–water partition coefficient (Wildman–Crippen LogP) is 3.88. The number of anilines is 1. The fourth-order valence-corrected chi connectivity index (χ4v) is 3.97. The molecule has 0 bridgehead atoms. The van der Waals surface area contributed by atoms with E-state index in [1.165, 1.54) is 12.1 Å². The second kappa shape index (κ2) is 7.42. The summed E-state index contributed by atoms with van der Waals surface area (Å²) in [6, 6.07) is 14.7. The standard InChI is InChI=1S/C23H21FN4O2/c24-16-9-7-14(8-10-16)20-12-22-26-19-6-2-5-18(19)23(28(22)27-20)25-13-21(30)15-3-1-4-17(29)11-15/h1,3-4,7-12,21,25,29-30H,2,5-6,13H2/t21-/m1/s1. The van der Waals surface area contributed by atoms with Crippen LogP contribution in [0.25, 0.3) is 16.9 Å². The number of aryl methyl sites for hydroxylation is 1. The van der Waals surface area contributed by atoms with Crippen molar-refractivity contribution in [2.24, 2.45) is 0 Å². The van der Waals surface area contributed by atoms with Crippen molar-refractivity contribution >= 4 is 11.5 Å². The summed E-state index contributed by atoms with van der Waals surface area (Å²) in [6.07, 6.45) is 2.05. The lowest BCUT2D eigenvalue weighted by molar-refractivity contribution is 0.191. The zero-order chi connectivity index (χ0) is 20.7. The first-order chi connectivity index (χ1) is 14.6. The molecule has 0 amide bonds. The smallest absolute Gasteiger partial charge is 0.158 e. The maximum absolute atomic E-state index is 13.3. The fraction of sp³-hybridized carbons (Fsp3) is 0.217. The molecule has 0 saturated heterocycles. The van der Waals surface area contributed by atoms with Crippen LogP contribution in [0.5, 0.6) is 5.75 Å². The number of aromatic hydroxyl groups is 1. The van der Waals surface area contributed by atoms with E-state index >= 15 is 0 Å². The Balaban J connectivity index is 1.50. The third kappa shape index (κ3) is 3.37. The van der Waals surface area contributed by atoms with Crippen molar-refractivity contribution in [3.05, 3.63) is 77.2 Å². The van der Waals surface area contributed by atoms with E-state index in [1.807, 2.05) is 6.07 Å². The van der Waals surface area contributed by atoms with Gasteiger partial charge in [-0.05, 0) is 61.2 Å². The molecule has 2 heterocycles. The Labute approximate surface area is 172 Å². The van der Waals surface area contributed by atoms with E-state index in [2.05, 4.69) is 5.32 Å². The highest BCUT2D eigenvalue weighted by molar-refractivity contribution is 5.67. The number of benzene rings is 2. The second-order valence-electron chi connectivity index (χ2n) is 7.54. The molecule has 0 unspecified atom stereocenters. The highest BCUT2D eigenvalue weighted by Crippen LogP contribution is 2.31. The average Bonchev–Trinajstić information content (AvgIpc) is 3.38. The van der Waals surface area contributed by atoms with Crippen LogP contribution in [0.1, 0.15) is 29.3 Å². The van der Waals surface area contributed by atoms with E-state index in [9.17, 15) is 14.6 Å². The molecule has 30 heavy (non-hydrogen) atoms. The van der Waals surface area contributed by atoms with Crippen molar-refractivity contribution in [2.45, 2.75) is 25.4 Å². The third-order valence-electron chi connectivity index (χ3n) is 5.48. The minimum atomic E-state index is -0.788. The molecule has 1 aliphatic carbocycles. The quantitative estimate of drug-likeness (QED) is 0.470. The molecule has 0 spiro atoms. The van der Waals surface area contributed by atoms with Crippen molar-refractivity contribution < 1.29 is 14.6 Å². The number of phenols is 1. The van der Waals surface area contributed by atoms with Gasteiger partial charge in [0, 0.05) is 29.4 Å². The predicted molar refractivity (Wildman–Crippen MR) is 112 cm³/mol. The first kappa shape index (κ1) is 18.6. The maximum Gasteiger partial charge on any atom is 0.158 e. The topological polar surface area (TPSA) is 82.7 Å². The van der Waals surface area contributed by atoms with Crippen molar-refractivity contribution in [3.63, 3.8) is 0 Å². The number of aromatic nitrogens is 3. The maximum atomic E-state index is 13.3. The first-order valence-electron chi connectivity index (χ1n) is 9.97. The Bertz CT molecular complexity index is 1220. The molecule has 2 aromatic carbocycles. The lowest BCUT2D eigenvalue weighted by Crippen LogP contribution is -2.16. The van der Waals surface area contributed by atoms with E-state index in [1.54, 1.807) is 40.9 Å². The van der Waals surface area contributed by atoms with Crippen LogP contribution >= 0.6 is 0 Å². The molecular formula is C23H21FN4O2. The van der Waals surface area contributed by atoms with Gasteiger partial charge in [-0.15, -0.1) is 0 Å². The summed E-state index contributed by atoms with van der Waals surface area (Å²) in [6.45, 7) is 0.265. The molecule has 3 N–H and O–H groups in total. The van der Waals surface area contributed by atoms with Gasteiger partial charge < -0.3 is 15.5 Å². The molecule has 1 atom stereocenters. The largest absolute Gasteiger partial charge is 0.508 e. The Morgan fingerprint density at radius 2 is 1.93 bits per heavy atom. The summed E-state index contributed by atoms with van der Waals surface area (Å²) in [7, 11) is 0. The number of aliphatic hydroxyl groups is 1. The summed E-state index contributed by atoms with van der Waals surface area (Å²) < 4.78 is 15.0. The van der Waals surface area contributed by atoms with Gasteiger partial charge >= 0.3 is 0 Å². The molecular weight excluding hydrogens is 383 g/mol. The van der Waals surface area contributed by atoms with Gasteiger partial charge in [0.2, 0.25) is 0 Å².